The second-order valence-corrected chi connectivity index (χ2v) is 13.0. The summed E-state index contributed by atoms with van der Waals surface area (Å²) in [6.45, 7) is 5.71. The van der Waals surface area contributed by atoms with Crippen LogP contribution < -0.4 is 9.47 Å². The van der Waals surface area contributed by atoms with E-state index in [-0.39, 0.29) is 0 Å². The van der Waals surface area contributed by atoms with Crippen LogP contribution in [0.5, 0.6) is 11.5 Å². The maximum absolute atomic E-state index is 6.61. The summed E-state index contributed by atoms with van der Waals surface area (Å²) in [5.41, 5.74) is 11.2. The number of unbranched alkanes of at least 4 members (excludes halogenated alkanes) is 6. The third-order valence-corrected chi connectivity index (χ3v) is 9.27. The minimum absolute atomic E-state index is 0.626. The van der Waals surface area contributed by atoms with E-state index in [0.29, 0.717) is 13.2 Å². The number of hydrogen-bond donors (Lipinski definition) is 2. The lowest BCUT2D eigenvalue weighted by Gasteiger charge is -2.08. The van der Waals surface area contributed by atoms with Gasteiger partial charge in [0.1, 0.15) is 11.4 Å². The quantitative estimate of drug-likeness (QED) is 0.114. The molecule has 2 aliphatic heterocycles. The maximum atomic E-state index is 6.61. The molecule has 5 aromatic rings. The van der Waals surface area contributed by atoms with Crippen molar-refractivity contribution in [1.82, 2.24) is 19.9 Å². The van der Waals surface area contributed by atoms with E-state index in [1.807, 2.05) is 12.1 Å². The molecule has 50 heavy (non-hydrogen) atoms. The monoisotopic (exact) mass is 662 g/mol. The van der Waals surface area contributed by atoms with Gasteiger partial charge in [0.2, 0.25) is 0 Å². The highest BCUT2D eigenvalue weighted by Crippen LogP contribution is 2.37. The number of nitrogens with one attached hydrogen (secondary N) is 2. The Bertz CT molecular complexity index is 1990. The molecule has 0 radical (unpaired) electrons. The Hall–Kier alpha value is -5.36. The van der Waals surface area contributed by atoms with Gasteiger partial charge in [0.15, 0.2) is 11.5 Å². The van der Waals surface area contributed by atoms with Crippen LogP contribution in [0.1, 0.15) is 88.0 Å². The van der Waals surface area contributed by atoms with Crippen LogP contribution >= 0.6 is 0 Å². The number of nitrogens with zero attached hydrogens (tertiary/aromatic N) is 2. The molecule has 2 aromatic carbocycles. The van der Waals surface area contributed by atoms with Gasteiger partial charge in [-0.05, 0) is 72.5 Å². The fraction of sp³-hybridized carbons (Fsp3) is 0.273. The third-order valence-electron chi connectivity index (χ3n) is 9.27. The molecule has 0 spiro atoms. The molecule has 6 heteroatoms. The van der Waals surface area contributed by atoms with Gasteiger partial charge in [0, 0.05) is 22.2 Å². The number of ether oxygens (including phenoxy) is 2. The molecular weight excluding hydrogens is 617 g/mol. The topological polar surface area (TPSA) is 75.8 Å². The van der Waals surface area contributed by atoms with E-state index in [1.165, 1.54) is 25.7 Å². The maximum Gasteiger partial charge on any atom is 0.168 e. The van der Waals surface area contributed by atoms with Crippen molar-refractivity contribution in [3.8, 4) is 33.8 Å². The van der Waals surface area contributed by atoms with Crippen LogP contribution in [0, 0.1) is 0 Å². The number of H-pyrrole nitrogens is 2. The summed E-state index contributed by atoms with van der Waals surface area (Å²) >= 11 is 0. The molecule has 0 unspecified atom stereocenters. The summed E-state index contributed by atoms with van der Waals surface area (Å²) < 4.78 is 13.2. The molecule has 7 rings (SSSR count). The summed E-state index contributed by atoms with van der Waals surface area (Å²) in [6, 6.07) is 29.4. The lowest BCUT2D eigenvalue weighted by Crippen LogP contribution is -2.00. The number of rotatable bonds is 14. The first-order chi connectivity index (χ1) is 24.7. The second kappa shape index (κ2) is 15.9. The van der Waals surface area contributed by atoms with Crippen LogP contribution in [-0.2, 0) is 0 Å². The molecule has 6 nitrogen and oxygen atoms in total. The van der Waals surface area contributed by atoms with E-state index in [0.717, 1.165) is 104 Å². The summed E-state index contributed by atoms with van der Waals surface area (Å²) in [6.07, 6.45) is 17.4. The average molecular weight is 663 g/mol. The zero-order valence-electron chi connectivity index (χ0n) is 29.2. The van der Waals surface area contributed by atoms with E-state index in [4.69, 9.17) is 19.4 Å². The molecule has 0 atom stereocenters. The first-order valence-electron chi connectivity index (χ1n) is 18.3. The third kappa shape index (κ3) is 7.30. The van der Waals surface area contributed by atoms with Crippen molar-refractivity contribution in [2.45, 2.75) is 65.2 Å². The highest BCUT2D eigenvalue weighted by atomic mass is 16.5. The largest absolute Gasteiger partial charge is 0.489 e. The molecule has 3 aromatic heterocycles. The van der Waals surface area contributed by atoms with Gasteiger partial charge >= 0.3 is 0 Å². The van der Waals surface area contributed by atoms with E-state index >= 15 is 0 Å². The Labute approximate surface area is 295 Å². The highest BCUT2D eigenvalue weighted by Gasteiger charge is 2.18. The van der Waals surface area contributed by atoms with Gasteiger partial charge in [-0.15, -0.1) is 0 Å². The van der Waals surface area contributed by atoms with Crippen molar-refractivity contribution in [2.24, 2.45) is 0 Å². The van der Waals surface area contributed by atoms with E-state index in [2.05, 4.69) is 121 Å². The molecule has 0 amide bonds. The first kappa shape index (κ1) is 33.2. The van der Waals surface area contributed by atoms with Crippen LogP contribution in [0.3, 0.4) is 0 Å². The van der Waals surface area contributed by atoms with Gasteiger partial charge in [-0.1, -0.05) is 113 Å². The fourth-order valence-electron chi connectivity index (χ4n) is 6.68. The van der Waals surface area contributed by atoms with Crippen LogP contribution in [0.25, 0.3) is 68.6 Å². The number of aromatic nitrogens is 4. The van der Waals surface area contributed by atoms with Crippen molar-refractivity contribution in [2.75, 3.05) is 13.2 Å². The molecule has 2 N–H and O–H groups in total. The number of hydrogen-bond acceptors (Lipinski definition) is 4. The lowest BCUT2D eigenvalue weighted by atomic mass is 10.0. The Morgan fingerprint density at radius 2 is 0.840 bits per heavy atom. The van der Waals surface area contributed by atoms with Crippen LogP contribution in [-0.4, -0.2) is 33.1 Å². The molecule has 8 bridgehead atoms. The van der Waals surface area contributed by atoms with Crippen molar-refractivity contribution in [3.63, 3.8) is 0 Å². The molecule has 0 saturated heterocycles. The number of benzene rings is 2. The molecule has 0 fully saturated rings. The summed E-state index contributed by atoms with van der Waals surface area (Å²) in [4.78, 5) is 17.9. The Morgan fingerprint density at radius 3 is 1.26 bits per heavy atom. The standard InChI is InChI=1S/C44H46N4O2/c1-3-5-7-15-29-49-43-37-25-21-33(45-37)41(31-17-11-9-12-18-31)35-23-27-39(47-35)44(50-30-16-8-6-4-2)40-28-24-36(48-40)42(32-19-13-10-14-20-32)34-22-26-38(43)46-34/h9-14,17-28,45,48H,3-8,15-16,29-30H2,1-2H3. The number of aromatic amines is 2. The number of fused-ring (bicyclic) bond motifs is 8. The van der Waals surface area contributed by atoms with Crippen LogP contribution in [0.15, 0.2) is 84.9 Å². The normalized spacial score (nSPS) is 12.0. The van der Waals surface area contributed by atoms with Gasteiger partial charge < -0.3 is 19.4 Å². The molecule has 0 aliphatic carbocycles. The Morgan fingerprint density at radius 1 is 0.440 bits per heavy atom. The SMILES string of the molecule is CCCCCCOc1c2nc(c(-c3ccccc3)c3ccc([nH]3)c(OCCCCCC)c3nc(c(-c4ccccc4)c4ccc1[nH]4)C=C3)C=C2. The van der Waals surface area contributed by atoms with E-state index in [9.17, 15) is 0 Å². The Kier molecular flexibility index (Phi) is 10.5. The van der Waals surface area contributed by atoms with E-state index < -0.39 is 0 Å². The molecule has 254 valence electrons. The average Bonchev–Trinajstić information content (AvgIpc) is 3.99. The minimum Gasteiger partial charge on any atom is -0.489 e. The fourth-order valence-corrected chi connectivity index (χ4v) is 6.68. The van der Waals surface area contributed by atoms with Crippen LogP contribution in [0.2, 0.25) is 0 Å². The Balaban J connectivity index is 1.51. The summed E-state index contributed by atoms with van der Waals surface area (Å²) in [5.74, 6) is 1.50. The predicted octanol–water partition coefficient (Wildman–Crippen LogP) is 11.9. The molecule has 0 saturated carbocycles. The summed E-state index contributed by atoms with van der Waals surface area (Å²) in [7, 11) is 0. The van der Waals surface area contributed by atoms with Crippen LogP contribution in [0.4, 0.5) is 0 Å². The predicted molar refractivity (Wildman–Crippen MR) is 209 cm³/mol. The van der Waals surface area contributed by atoms with Gasteiger partial charge in [0.05, 0.1) is 35.6 Å². The smallest absolute Gasteiger partial charge is 0.168 e. The van der Waals surface area contributed by atoms with Crippen molar-refractivity contribution < 1.29 is 9.47 Å². The van der Waals surface area contributed by atoms with Crippen molar-refractivity contribution in [3.05, 3.63) is 108 Å². The van der Waals surface area contributed by atoms with Crippen molar-refractivity contribution in [1.29, 1.82) is 0 Å². The molecular formula is C44H46N4O2. The zero-order chi connectivity index (χ0) is 34.1. The summed E-state index contributed by atoms with van der Waals surface area (Å²) in [5, 5.41) is 0. The molecule has 5 heterocycles. The van der Waals surface area contributed by atoms with Gasteiger partial charge in [0.25, 0.3) is 0 Å². The zero-order valence-corrected chi connectivity index (χ0v) is 29.2. The van der Waals surface area contributed by atoms with E-state index in [1.54, 1.807) is 0 Å². The van der Waals surface area contributed by atoms with Crippen molar-refractivity contribution >= 4 is 46.4 Å². The van der Waals surface area contributed by atoms with Gasteiger partial charge in [-0.2, -0.15) is 0 Å². The second-order valence-electron chi connectivity index (χ2n) is 13.0. The lowest BCUT2D eigenvalue weighted by molar-refractivity contribution is 0.306. The minimum atomic E-state index is 0.626. The van der Waals surface area contributed by atoms with Gasteiger partial charge in [-0.25, -0.2) is 9.97 Å². The first-order valence-corrected chi connectivity index (χ1v) is 18.3. The van der Waals surface area contributed by atoms with Gasteiger partial charge in [-0.3, -0.25) is 0 Å². The molecule has 2 aliphatic rings. The highest BCUT2D eigenvalue weighted by molar-refractivity contribution is 5.95.